The summed E-state index contributed by atoms with van der Waals surface area (Å²) < 4.78 is 19.1. The third-order valence-corrected chi connectivity index (χ3v) is 4.14. The molecule has 138 valence electrons. The molecule has 2 rings (SSSR count). The predicted molar refractivity (Wildman–Crippen MR) is 102 cm³/mol. The molecule has 2 aromatic carbocycles. The molecule has 0 heterocycles. The SMILES string of the molecule is CCCNC(=O)c1ccc(NC(=O)C(C)Oc2ccc(F)cc2Br)cc1. The number of amides is 2. The van der Waals surface area contributed by atoms with Gasteiger partial charge in [-0.1, -0.05) is 6.92 Å². The van der Waals surface area contributed by atoms with Gasteiger partial charge < -0.3 is 15.4 Å². The maximum Gasteiger partial charge on any atom is 0.265 e. The Labute approximate surface area is 160 Å². The highest BCUT2D eigenvalue weighted by Crippen LogP contribution is 2.26. The van der Waals surface area contributed by atoms with Crippen LogP contribution in [0.3, 0.4) is 0 Å². The molecule has 0 saturated heterocycles. The van der Waals surface area contributed by atoms with Gasteiger partial charge in [0.05, 0.1) is 4.47 Å². The molecule has 26 heavy (non-hydrogen) atoms. The van der Waals surface area contributed by atoms with E-state index in [1.807, 2.05) is 6.92 Å². The maximum absolute atomic E-state index is 13.1. The molecule has 0 bridgehead atoms. The number of halogens is 2. The summed E-state index contributed by atoms with van der Waals surface area (Å²) >= 11 is 3.20. The fourth-order valence-electron chi connectivity index (χ4n) is 2.10. The first-order valence-corrected chi connectivity index (χ1v) is 9.01. The van der Waals surface area contributed by atoms with Crippen LogP contribution in [0.2, 0.25) is 0 Å². The first-order valence-electron chi connectivity index (χ1n) is 8.21. The quantitative estimate of drug-likeness (QED) is 0.704. The van der Waals surface area contributed by atoms with Gasteiger partial charge in [-0.2, -0.15) is 0 Å². The van der Waals surface area contributed by atoms with Crippen molar-refractivity contribution in [3.05, 3.63) is 58.3 Å². The molecule has 2 amide bonds. The average molecular weight is 423 g/mol. The molecule has 0 spiro atoms. The third-order valence-electron chi connectivity index (χ3n) is 3.52. The van der Waals surface area contributed by atoms with Crippen molar-refractivity contribution in [2.45, 2.75) is 26.4 Å². The molecule has 0 aliphatic rings. The number of hydrogen-bond donors (Lipinski definition) is 2. The van der Waals surface area contributed by atoms with Crippen molar-refractivity contribution in [3.63, 3.8) is 0 Å². The number of rotatable bonds is 7. The topological polar surface area (TPSA) is 67.4 Å². The van der Waals surface area contributed by atoms with Crippen molar-refractivity contribution in [2.75, 3.05) is 11.9 Å². The summed E-state index contributed by atoms with van der Waals surface area (Å²) in [5, 5.41) is 5.50. The first-order chi connectivity index (χ1) is 12.4. The summed E-state index contributed by atoms with van der Waals surface area (Å²) in [6.45, 7) is 4.19. The van der Waals surface area contributed by atoms with Gasteiger partial charge in [-0.05, 0) is 71.7 Å². The Bertz CT molecular complexity index is 781. The van der Waals surface area contributed by atoms with E-state index in [1.54, 1.807) is 31.2 Å². The third kappa shape index (κ3) is 5.56. The lowest BCUT2D eigenvalue weighted by Gasteiger charge is -2.16. The zero-order valence-corrected chi connectivity index (χ0v) is 16.1. The van der Waals surface area contributed by atoms with Crippen LogP contribution in [0, 0.1) is 5.82 Å². The van der Waals surface area contributed by atoms with Gasteiger partial charge in [0.2, 0.25) is 0 Å². The van der Waals surface area contributed by atoms with E-state index in [1.165, 1.54) is 18.2 Å². The van der Waals surface area contributed by atoms with Crippen LogP contribution in [0.5, 0.6) is 5.75 Å². The van der Waals surface area contributed by atoms with E-state index in [0.29, 0.717) is 28.0 Å². The minimum atomic E-state index is -0.788. The number of anilines is 1. The Morgan fingerprint density at radius 1 is 1.19 bits per heavy atom. The highest BCUT2D eigenvalue weighted by atomic mass is 79.9. The summed E-state index contributed by atoms with van der Waals surface area (Å²) in [7, 11) is 0. The summed E-state index contributed by atoms with van der Waals surface area (Å²) in [6, 6.07) is 10.6. The van der Waals surface area contributed by atoms with Gasteiger partial charge >= 0.3 is 0 Å². The number of carbonyl (C=O) groups is 2. The molecule has 2 N–H and O–H groups in total. The average Bonchev–Trinajstić information content (AvgIpc) is 2.62. The Morgan fingerprint density at radius 3 is 2.50 bits per heavy atom. The molecular weight excluding hydrogens is 403 g/mol. The van der Waals surface area contributed by atoms with Gasteiger partial charge in [-0.3, -0.25) is 9.59 Å². The maximum atomic E-state index is 13.1. The number of benzene rings is 2. The van der Waals surface area contributed by atoms with Crippen LogP contribution in [-0.2, 0) is 4.79 Å². The molecular formula is C19H20BrFN2O3. The van der Waals surface area contributed by atoms with E-state index in [-0.39, 0.29) is 11.8 Å². The minimum Gasteiger partial charge on any atom is -0.480 e. The molecule has 0 aromatic heterocycles. The van der Waals surface area contributed by atoms with Crippen molar-refractivity contribution in [1.29, 1.82) is 0 Å². The molecule has 5 nitrogen and oxygen atoms in total. The predicted octanol–water partition coefficient (Wildman–Crippen LogP) is 4.13. The zero-order valence-electron chi connectivity index (χ0n) is 14.5. The largest absolute Gasteiger partial charge is 0.480 e. The second kappa shape index (κ2) is 9.33. The fraction of sp³-hybridized carbons (Fsp3) is 0.263. The number of ether oxygens (including phenoxy) is 1. The molecule has 0 aliphatic carbocycles. The Morgan fingerprint density at radius 2 is 1.88 bits per heavy atom. The highest BCUT2D eigenvalue weighted by Gasteiger charge is 2.16. The molecule has 7 heteroatoms. The monoisotopic (exact) mass is 422 g/mol. The van der Waals surface area contributed by atoms with Crippen LogP contribution in [0.4, 0.5) is 10.1 Å². The molecule has 0 fully saturated rings. The Kier molecular flexibility index (Phi) is 7.15. The lowest BCUT2D eigenvalue weighted by Crippen LogP contribution is -2.30. The molecule has 1 atom stereocenters. The van der Waals surface area contributed by atoms with E-state index in [9.17, 15) is 14.0 Å². The second-order valence-electron chi connectivity index (χ2n) is 5.66. The number of nitrogens with one attached hydrogen (secondary N) is 2. The van der Waals surface area contributed by atoms with Crippen molar-refractivity contribution in [3.8, 4) is 5.75 Å². The van der Waals surface area contributed by atoms with Gasteiger partial charge in [0.1, 0.15) is 11.6 Å². The number of hydrogen-bond acceptors (Lipinski definition) is 3. The van der Waals surface area contributed by atoms with Crippen LogP contribution in [-0.4, -0.2) is 24.5 Å². The zero-order chi connectivity index (χ0) is 19.1. The Hall–Kier alpha value is -2.41. The van der Waals surface area contributed by atoms with Gasteiger partial charge in [-0.15, -0.1) is 0 Å². The molecule has 0 saturated carbocycles. The van der Waals surface area contributed by atoms with E-state index < -0.39 is 11.9 Å². The van der Waals surface area contributed by atoms with E-state index in [2.05, 4.69) is 26.6 Å². The van der Waals surface area contributed by atoms with E-state index >= 15 is 0 Å². The second-order valence-corrected chi connectivity index (χ2v) is 6.51. The van der Waals surface area contributed by atoms with E-state index in [4.69, 9.17) is 4.74 Å². The lowest BCUT2D eigenvalue weighted by atomic mass is 10.2. The fourth-order valence-corrected chi connectivity index (χ4v) is 2.55. The van der Waals surface area contributed by atoms with Gasteiger partial charge in [0, 0.05) is 17.8 Å². The smallest absolute Gasteiger partial charge is 0.265 e. The van der Waals surface area contributed by atoms with Crippen molar-refractivity contribution in [2.24, 2.45) is 0 Å². The van der Waals surface area contributed by atoms with Crippen molar-refractivity contribution in [1.82, 2.24) is 5.32 Å². The van der Waals surface area contributed by atoms with Crippen molar-refractivity contribution < 1.29 is 18.7 Å². The molecule has 2 aromatic rings. The van der Waals surface area contributed by atoms with Crippen LogP contribution in [0.1, 0.15) is 30.6 Å². The van der Waals surface area contributed by atoms with Crippen LogP contribution >= 0.6 is 15.9 Å². The van der Waals surface area contributed by atoms with Crippen LogP contribution in [0.15, 0.2) is 46.9 Å². The number of carbonyl (C=O) groups excluding carboxylic acids is 2. The molecule has 1 unspecified atom stereocenters. The summed E-state index contributed by atoms with van der Waals surface area (Å²) in [4.78, 5) is 24.1. The normalized spacial score (nSPS) is 11.5. The summed E-state index contributed by atoms with van der Waals surface area (Å²) in [6.07, 6.45) is 0.0753. The van der Waals surface area contributed by atoms with Crippen molar-refractivity contribution >= 4 is 33.4 Å². The standard InChI is InChI=1S/C19H20BrFN2O3/c1-3-10-22-19(25)13-4-7-15(8-5-13)23-18(24)12(2)26-17-9-6-14(21)11-16(17)20/h4-9,11-12H,3,10H2,1-2H3,(H,22,25)(H,23,24). The van der Waals surface area contributed by atoms with Crippen LogP contribution in [0.25, 0.3) is 0 Å². The van der Waals surface area contributed by atoms with Gasteiger partial charge in [0.25, 0.3) is 11.8 Å². The lowest BCUT2D eigenvalue weighted by molar-refractivity contribution is -0.122. The highest BCUT2D eigenvalue weighted by molar-refractivity contribution is 9.10. The Balaban J connectivity index is 1.95. The van der Waals surface area contributed by atoms with Gasteiger partial charge in [0.15, 0.2) is 6.10 Å². The van der Waals surface area contributed by atoms with E-state index in [0.717, 1.165) is 6.42 Å². The minimum absolute atomic E-state index is 0.150. The first kappa shape index (κ1) is 19.9. The molecule has 0 aliphatic heterocycles. The summed E-state index contributed by atoms with van der Waals surface area (Å²) in [5.41, 5.74) is 1.08. The van der Waals surface area contributed by atoms with Gasteiger partial charge in [-0.25, -0.2) is 4.39 Å². The van der Waals surface area contributed by atoms with Crippen LogP contribution < -0.4 is 15.4 Å². The molecule has 0 radical (unpaired) electrons. The summed E-state index contributed by atoms with van der Waals surface area (Å²) in [5.74, 6) is -0.534.